The van der Waals surface area contributed by atoms with Gasteiger partial charge in [-0.15, -0.1) is 5.10 Å². The van der Waals surface area contributed by atoms with Gasteiger partial charge in [-0.2, -0.15) is 0 Å². The van der Waals surface area contributed by atoms with Gasteiger partial charge >= 0.3 is 6.01 Å². The fourth-order valence-corrected chi connectivity index (χ4v) is 1.40. The third-order valence-corrected chi connectivity index (χ3v) is 2.15. The summed E-state index contributed by atoms with van der Waals surface area (Å²) in [5.41, 5.74) is 5.42. The first-order chi connectivity index (χ1) is 7.19. The summed E-state index contributed by atoms with van der Waals surface area (Å²) in [4.78, 5) is 2.10. The molecule has 0 spiro atoms. The van der Waals surface area contributed by atoms with Gasteiger partial charge < -0.3 is 15.1 Å². The van der Waals surface area contributed by atoms with Crippen molar-refractivity contribution in [1.82, 2.24) is 10.2 Å². The highest BCUT2D eigenvalue weighted by molar-refractivity contribution is 5.25. The molecule has 1 heterocycles. The second-order valence-corrected chi connectivity index (χ2v) is 3.80. The van der Waals surface area contributed by atoms with E-state index in [9.17, 15) is 0 Å². The first kappa shape index (κ1) is 12.0. The van der Waals surface area contributed by atoms with Crippen molar-refractivity contribution >= 4 is 6.01 Å². The minimum Gasteiger partial charge on any atom is -0.408 e. The zero-order chi connectivity index (χ0) is 11.3. The maximum absolute atomic E-state index is 5.52. The molecule has 0 amide bonds. The normalized spacial score (nSPS) is 11.0. The van der Waals surface area contributed by atoms with E-state index in [0.29, 0.717) is 30.9 Å². The smallest absolute Gasteiger partial charge is 0.318 e. The number of anilines is 1. The topological polar surface area (TPSA) is 68.2 Å². The van der Waals surface area contributed by atoms with Gasteiger partial charge in [-0.25, -0.2) is 0 Å². The molecule has 86 valence electrons. The number of aromatic nitrogens is 2. The van der Waals surface area contributed by atoms with Gasteiger partial charge in [0.25, 0.3) is 0 Å². The Hall–Kier alpha value is -1.10. The van der Waals surface area contributed by atoms with Crippen molar-refractivity contribution in [1.29, 1.82) is 0 Å². The molecule has 0 saturated heterocycles. The van der Waals surface area contributed by atoms with E-state index in [1.165, 1.54) is 0 Å². The Kier molecular flexibility index (Phi) is 4.55. The van der Waals surface area contributed by atoms with Gasteiger partial charge in [0.05, 0.1) is 0 Å². The van der Waals surface area contributed by atoms with Gasteiger partial charge in [0.2, 0.25) is 5.89 Å². The van der Waals surface area contributed by atoms with E-state index < -0.39 is 0 Å². The van der Waals surface area contributed by atoms with E-state index >= 15 is 0 Å². The third kappa shape index (κ3) is 3.20. The van der Waals surface area contributed by atoms with Crippen molar-refractivity contribution in [2.75, 3.05) is 18.0 Å². The Labute approximate surface area is 90.7 Å². The lowest BCUT2D eigenvalue weighted by Gasteiger charge is -2.23. The average molecular weight is 212 g/mol. The molecule has 0 aliphatic rings. The van der Waals surface area contributed by atoms with Crippen LogP contribution in [0.2, 0.25) is 0 Å². The van der Waals surface area contributed by atoms with Crippen molar-refractivity contribution in [2.24, 2.45) is 5.73 Å². The third-order valence-electron chi connectivity index (χ3n) is 2.15. The molecule has 0 saturated carbocycles. The second-order valence-electron chi connectivity index (χ2n) is 3.80. The summed E-state index contributed by atoms with van der Waals surface area (Å²) in [6.07, 6.45) is 1.71. The maximum atomic E-state index is 5.52. The molecule has 5 nitrogen and oxygen atoms in total. The molecule has 2 N–H and O–H groups in total. The number of nitrogens with two attached hydrogens (primary N) is 1. The van der Waals surface area contributed by atoms with Crippen molar-refractivity contribution in [3.63, 3.8) is 0 Å². The molecule has 0 aliphatic carbocycles. The van der Waals surface area contributed by atoms with Crippen molar-refractivity contribution < 1.29 is 4.42 Å². The largest absolute Gasteiger partial charge is 0.408 e. The lowest BCUT2D eigenvalue weighted by molar-refractivity contribution is 0.470. The summed E-state index contributed by atoms with van der Waals surface area (Å²) in [6, 6.07) is 0.978. The molecule has 5 heteroatoms. The predicted octanol–water partition coefficient (Wildman–Crippen LogP) is 1.20. The Morgan fingerprint density at radius 2 is 2.13 bits per heavy atom. The van der Waals surface area contributed by atoms with E-state index in [1.807, 2.05) is 0 Å². The highest BCUT2D eigenvalue weighted by atomic mass is 16.4. The lowest BCUT2D eigenvalue weighted by atomic mass is 10.3. The van der Waals surface area contributed by atoms with Crippen LogP contribution in [0.3, 0.4) is 0 Å². The molecule has 0 bridgehead atoms. The van der Waals surface area contributed by atoms with Crippen molar-refractivity contribution in [3.05, 3.63) is 5.89 Å². The first-order valence-corrected chi connectivity index (χ1v) is 5.48. The van der Waals surface area contributed by atoms with Crippen LogP contribution in [0.4, 0.5) is 6.01 Å². The van der Waals surface area contributed by atoms with Crippen LogP contribution >= 0.6 is 0 Å². The van der Waals surface area contributed by atoms with Gasteiger partial charge in [0, 0.05) is 25.6 Å². The van der Waals surface area contributed by atoms with E-state index in [0.717, 1.165) is 13.0 Å². The van der Waals surface area contributed by atoms with Crippen molar-refractivity contribution in [2.45, 2.75) is 39.7 Å². The SMILES string of the molecule is CCCN(c1nnc(CCN)o1)C(C)C. The Morgan fingerprint density at radius 1 is 1.40 bits per heavy atom. The first-order valence-electron chi connectivity index (χ1n) is 5.48. The lowest BCUT2D eigenvalue weighted by Crippen LogP contribution is -2.31. The fourth-order valence-electron chi connectivity index (χ4n) is 1.40. The summed E-state index contributed by atoms with van der Waals surface area (Å²) >= 11 is 0. The molecule has 0 unspecified atom stereocenters. The number of rotatable bonds is 6. The summed E-state index contributed by atoms with van der Waals surface area (Å²) in [5.74, 6) is 0.620. The Bertz CT molecular complexity index is 285. The quantitative estimate of drug-likeness (QED) is 0.767. The molecule has 15 heavy (non-hydrogen) atoms. The molecular weight excluding hydrogens is 192 g/mol. The van der Waals surface area contributed by atoms with Gasteiger partial charge in [0.15, 0.2) is 0 Å². The Morgan fingerprint density at radius 3 is 2.67 bits per heavy atom. The van der Waals surface area contributed by atoms with Crippen LogP contribution in [-0.4, -0.2) is 29.3 Å². The van der Waals surface area contributed by atoms with Crippen LogP contribution in [0.15, 0.2) is 4.42 Å². The summed E-state index contributed by atoms with van der Waals surface area (Å²) in [6.45, 7) is 7.83. The van der Waals surface area contributed by atoms with Crippen LogP contribution in [0.1, 0.15) is 33.1 Å². The molecule has 1 rings (SSSR count). The highest BCUT2D eigenvalue weighted by Crippen LogP contribution is 2.15. The van der Waals surface area contributed by atoms with E-state index in [-0.39, 0.29) is 0 Å². The minimum atomic E-state index is 0.371. The number of nitrogens with zero attached hydrogens (tertiary/aromatic N) is 3. The Balaban J connectivity index is 2.72. The summed E-state index contributed by atoms with van der Waals surface area (Å²) in [7, 11) is 0. The van der Waals surface area contributed by atoms with Crippen LogP contribution in [0.25, 0.3) is 0 Å². The van der Waals surface area contributed by atoms with Crippen LogP contribution in [0.5, 0.6) is 0 Å². The zero-order valence-corrected chi connectivity index (χ0v) is 9.73. The van der Waals surface area contributed by atoms with Gasteiger partial charge in [-0.1, -0.05) is 12.0 Å². The number of hydrogen-bond acceptors (Lipinski definition) is 5. The van der Waals surface area contributed by atoms with Gasteiger partial charge in [0.1, 0.15) is 0 Å². The minimum absolute atomic E-state index is 0.371. The fraction of sp³-hybridized carbons (Fsp3) is 0.800. The monoisotopic (exact) mass is 212 g/mol. The molecule has 0 radical (unpaired) electrons. The summed E-state index contributed by atoms with van der Waals surface area (Å²) in [5, 5.41) is 7.98. The standard InChI is InChI=1S/C10H20N4O/c1-4-7-14(8(2)3)10-13-12-9(15-10)5-6-11/h8H,4-7,11H2,1-3H3. The molecular formula is C10H20N4O. The zero-order valence-electron chi connectivity index (χ0n) is 9.73. The van der Waals surface area contributed by atoms with Gasteiger partial charge in [-0.05, 0) is 20.3 Å². The van der Waals surface area contributed by atoms with Gasteiger partial charge in [-0.3, -0.25) is 0 Å². The van der Waals surface area contributed by atoms with Crippen LogP contribution < -0.4 is 10.6 Å². The predicted molar refractivity (Wildman–Crippen MR) is 59.8 cm³/mol. The molecule has 1 aromatic heterocycles. The average Bonchev–Trinajstić information content (AvgIpc) is 2.62. The second kappa shape index (κ2) is 5.70. The highest BCUT2D eigenvalue weighted by Gasteiger charge is 2.16. The molecule has 0 atom stereocenters. The number of hydrogen-bond donors (Lipinski definition) is 1. The maximum Gasteiger partial charge on any atom is 0.318 e. The van der Waals surface area contributed by atoms with Crippen LogP contribution in [0, 0.1) is 0 Å². The molecule has 0 fully saturated rings. The van der Waals surface area contributed by atoms with E-state index in [4.69, 9.17) is 10.2 Å². The molecule has 1 aromatic rings. The summed E-state index contributed by atoms with van der Waals surface area (Å²) < 4.78 is 5.52. The molecule has 0 aliphatic heterocycles. The van der Waals surface area contributed by atoms with Crippen molar-refractivity contribution in [3.8, 4) is 0 Å². The molecule has 0 aromatic carbocycles. The van der Waals surface area contributed by atoms with E-state index in [2.05, 4.69) is 35.9 Å². The van der Waals surface area contributed by atoms with E-state index in [1.54, 1.807) is 0 Å². The van der Waals surface area contributed by atoms with Crippen LogP contribution in [-0.2, 0) is 6.42 Å².